The molecule has 0 aliphatic rings. The van der Waals surface area contributed by atoms with Gasteiger partial charge in [0.05, 0.1) is 18.1 Å². The highest BCUT2D eigenvalue weighted by Crippen LogP contribution is 2.26. The van der Waals surface area contributed by atoms with Crippen LogP contribution >= 0.6 is 0 Å². The molecule has 0 aliphatic carbocycles. The van der Waals surface area contributed by atoms with Gasteiger partial charge in [-0.1, -0.05) is 0 Å². The monoisotopic (exact) mass is 558 g/mol. The molecule has 0 amide bonds. The first-order valence-electron chi connectivity index (χ1n) is 11.0. The lowest BCUT2D eigenvalue weighted by Crippen LogP contribution is -2.39. The Balaban J connectivity index is 2.07. The number of esters is 1. The SMILES string of the molecule is CCOC(=O)C(C)NS(=O)(=O)c1ccc(S(=O)(=O)Oc2cc(C)cc(OCCCON=C(N)N)c2)cc1. The molecule has 1 unspecified atom stereocenters. The summed E-state index contributed by atoms with van der Waals surface area (Å²) in [6.45, 7) is 5.22. The molecular formula is C22H30N4O9S2. The molecule has 0 saturated heterocycles. The molecule has 0 fully saturated rings. The van der Waals surface area contributed by atoms with Gasteiger partial charge in [-0.25, -0.2) is 8.42 Å². The van der Waals surface area contributed by atoms with Crippen LogP contribution in [0.3, 0.4) is 0 Å². The molecule has 2 aromatic rings. The fraction of sp³-hybridized carbons (Fsp3) is 0.364. The molecule has 204 valence electrons. The van der Waals surface area contributed by atoms with E-state index in [1.54, 1.807) is 19.9 Å². The third-order valence-corrected chi connectivity index (χ3v) is 7.26. The van der Waals surface area contributed by atoms with Crippen LogP contribution < -0.4 is 25.1 Å². The van der Waals surface area contributed by atoms with E-state index in [4.69, 9.17) is 30.0 Å². The van der Waals surface area contributed by atoms with Crippen molar-refractivity contribution in [2.75, 3.05) is 19.8 Å². The van der Waals surface area contributed by atoms with Gasteiger partial charge in [-0.05, 0) is 67.9 Å². The molecule has 0 radical (unpaired) electrons. The number of hydrogen-bond donors (Lipinski definition) is 3. The zero-order valence-electron chi connectivity index (χ0n) is 20.5. The molecule has 0 bridgehead atoms. The van der Waals surface area contributed by atoms with Gasteiger partial charge >= 0.3 is 16.1 Å². The number of nitrogens with zero attached hydrogens (tertiary/aromatic N) is 1. The van der Waals surface area contributed by atoms with Gasteiger partial charge in [0, 0.05) is 12.5 Å². The molecule has 0 spiro atoms. The van der Waals surface area contributed by atoms with Gasteiger partial charge in [-0.15, -0.1) is 0 Å². The second-order valence-corrected chi connectivity index (χ2v) is 10.9. The van der Waals surface area contributed by atoms with Crippen molar-refractivity contribution in [3.8, 4) is 11.5 Å². The lowest BCUT2D eigenvalue weighted by molar-refractivity contribution is -0.144. The Morgan fingerprint density at radius 2 is 1.62 bits per heavy atom. The molecule has 5 N–H and O–H groups in total. The maximum Gasteiger partial charge on any atom is 0.339 e. The highest BCUT2D eigenvalue weighted by Gasteiger charge is 2.24. The Bertz CT molecular complexity index is 1310. The molecule has 2 rings (SSSR count). The van der Waals surface area contributed by atoms with Gasteiger partial charge in [0.25, 0.3) is 0 Å². The molecule has 13 nitrogen and oxygen atoms in total. The number of nitrogens with one attached hydrogen (secondary N) is 1. The van der Waals surface area contributed by atoms with Crippen LogP contribution in [0.1, 0.15) is 25.8 Å². The number of oxime groups is 1. The predicted octanol–water partition coefficient (Wildman–Crippen LogP) is 0.967. The minimum Gasteiger partial charge on any atom is -0.493 e. The number of carbonyl (C=O) groups is 1. The van der Waals surface area contributed by atoms with Crippen LogP contribution in [0.15, 0.2) is 57.4 Å². The lowest BCUT2D eigenvalue weighted by atomic mass is 10.2. The summed E-state index contributed by atoms with van der Waals surface area (Å²) in [5.74, 6) is -0.553. The predicted molar refractivity (Wildman–Crippen MR) is 134 cm³/mol. The van der Waals surface area contributed by atoms with Crippen molar-refractivity contribution in [1.29, 1.82) is 0 Å². The van der Waals surface area contributed by atoms with Crippen LogP contribution in [0.2, 0.25) is 0 Å². The molecule has 0 saturated carbocycles. The second-order valence-electron chi connectivity index (χ2n) is 7.64. The van der Waals surface area contributed by atoms with Crippen molar-refractivity contribution in [2.45, 2.75) is 43.0 Å². The summed E-state index contributed by atoms with van der Waals surface area (Å²) < 4.78 is 68.4. The first-order valence-corrected chi connectivity index (χ1v) is 13.9. The molecule has 2 aromatic carbocycles. The van der Waals surface area contributed by atoms with Crippen molar-refractivity contribution in [1.82, 2.24) is 4.72 Å². The topological polar surface area (TPSA) is 199 Å². The maximum absolute atomic E-state index is 12.8. The molecule has 0 aliphatic heterocycles. The number of sulfonamides is 1. The Labute approximate surface area is 215 Å². The van der Waals surface area contributed by atoms with Crippen molar-refractivity contribution < 1.29 is 40.1 Å². The first kappa shape index (κ1) is 29.7. The average molecular weight is 559 g/mol. The van der Waals surface area contributed by atoms with E-state index in [0.717, 1.165) is 24.3 Å². The number of aryl methyl sites for hydroxylation is 1. The summed E-state index contributed by atoms with van der Waals surface area (Å²) in [5.41, 5.74) is 11.0. The highest BCUT2D eigenvalue weighted by atomic mass is 32.2. The van der Waals surface area contributed by atoms with E-state index < -0.39 is 32.2 Å². The summed E-state index contributed by atoms with van der Waals surface area (Å²) in [4.78, 5) is 16.1. The van der Waals surface area contributed by atoms with Gasteiger partial charge in [-0.3, -0.25) is 4.79 Å². The van der Waals surface area contributed by atoms with E-state index in [0.29, 0.717) is 17.7 Å². The summed E-state index contributed by atoms with van der Waals surface area (Å²) in [6, 6.07) is 7.83. The number of benzene rings is 2. The average Bonchev–Trinajstić information content (AvgIpc) is 2.80. The smallest absolute Gasteiger partial charge is 0.339 e. The van der Waals surface area contributed by atoms with E-state index in [-0.39, 0.29) is 41.3 Å². The summed E-state index contributed by atoms with van der Waals surface area (Å²) in [7, 11) is -8.40. The van der Waals surface area contributed by atoms with E-state index in [1.807, 2.05) is 0 Å². The van der Waals surface area contributed by atoms with Crippen molar-refractivity contribution in [3.63, 3.8) is 0 Å². The molecule has 0 heterocycles. The molecule has 37 heavy (non-hydrogen) atoms. The summed E-state index contributed by atoms with van der Waals surface area (Å²) >= 11 is 0. The standard InChI is InChI=1S/C22H30N4O9S2/c1-4-32-21(27)16(3)26-36(28,29)19-6-8-20(9-7-19)37(30,31)35-18-13-15(2)12-17(14-18)33-10-5-11-34-25-22(23)24/h6-9,12-14,16,26H,4-5,10-11H2,1-3H3,(H4,23,24,25). The van der Waals surface area contributed by atoms with Crippen LogP contribution in [0.4, 0.5) is 0 Å². The lowest BCUT2D eigenvalue weighted by Gasteiger charge is -2.14. The van der Waals surface area contributed by atoms with E-state index in [1.165, 1.54) is 19.1 Å². The number of ether oxygens (including phenoxy) is 2. The third kappa shape index (κ3) is 9.44. The van der Waals surface area contributed by atoms with Crippen molar-refractivity contribution in [2.24, 2.45) is 16.6 Å². The van der Waals surface area contributed by atoms with E-state index in [9.17, 15) is 21.6 Å². The molecular weight excluding hydrogens is 528 g/mol. The second kappa shape index (κ2) is 13.1. The van der Waals surface area contributed by atoms with Gasteiger partial charge in [0.1, 0.15) is 29.0 Å². The van der Waals surface area contributed by atoms with Gasteiger partial charge in [0.15, 0.2) is 0 Å². The first-order chi connectivity index (χ1) is 17.3. The van der Waals surface area contributed by atoms with Crippen LogP contribution in [-0.4, -0.2) is 54.6 Å². The van der Waals surface area contributed by atoms with Gasteiger partial charge < -0.3 is 30.0 Å². The summed E-state index contributed by atoms with van der Waals surface area (Å²) in [6.07, 6.45) is 0.460. The fourth-order valence-electron chi connectivity index (χ4n) is 2.86. The molecule has 1 atom stereocenters. The fourth-order valence-corrected chi connectivity index (χ4v) is 4.96. The number of guanidine groups is 1. The highest BCUT2D eigenvalue weighted by molar-refractivity contribution is 7.89. The van der Waals surface area contributed by atoms with Crippen molar-refractivity contribution in [3.05, 3.63) is 48.0 Å². The van der Waals surface area contributed by atoms with Gasteiger partial charge in [0.2, 0.25) is 16.0 Å². The summed E-state index contributed by atoms with van der Waals surface area (Å²) in [5, 5.41) is 3.39. The quantitative estimate of drug-likeness (QED) is 0.0745. The number of hydrogen-bond acceptors (Lipinski definition) is 10. The maximum atomic E-state index is 12.8. The number of carbonyl (C=O) groups excluding carboxylic acids is 1. The van der Waals surface area contributed by atoms with Crippen molar-refractivity contribution >= 4 is 32.1 Å². The minimum absolute atomic E-state index is 0.00776. The Hall–Kier alpha value is -3.56. The Morgan fingerprint density at radius 3 is 2.24 bits per heavy atom. The zero-order valence-corrected chi connectivity index (χ0v) is 22.2. The Morgan fingerprint density at radius 1 is 1.00 bits per heavy atom. The van der Waals surface area contributed by atoms with E-state index >= 15 is 0 Å². The zero-order chi connectivity index (χ0) is 27.6. The molecule has 0 aromatic heterocycles. The normalized spacial score (nSPS) is 12.3. The van der Waals surface area contributed by atoms with Gasteiger partial charge in [-0.2, -0.15) is 13.1 Å². The minimum atomic E-state index is -4.30. The van der Waals surface area contributed by atoms with E-state index in [2.05, 4.69) is 9.88 Å². The van der Waals surface area contributed by atoms with Crippen LogP contribution in [0.5, 0.6) is 11.5 Å². The van der Waals surface area contributed by atoms with Crippen LogP contribution in [-0.2, 0) is 34.5 Å². The molecule has 15 heteroatoms. The Kier molecular flexibility index (Phi) is 10.5. The largest absolute Gasteiger partial charge is 0.493 e. The van der Waals surface area contributed by atoms with Crippen LogP contribution in [0, 0.1) is 6.92 Å². The van der Waals surface area contributed by atoms with Crippen LogP contribution in [0.25, 0.3) is 0 Å². The number of nitrogens with two attached hydrogens (primary N) is 2. The number of rotatable bonds is 14. The third-order valence-electron chi connectivity index (χ3n) is 4.44.